The number of likely N-dealkylation sites (tertiary alicyclic amines) is 1. The maximum Gasteiger partial charge on any atom is 0.255 e. The molecule has 2 unspecified atom stereocenters. The van der Waals surface area contributed by atoms with Crippen molar-refractivity contribution in [3.8, 4) is 11.5 Å². The molecule has 2 N–H and O–H groups in total. The number of fused-ring (bicyclic) bond motifs is 1. The van der Waals surface area contributed by atoms with Crippen LogP contribution in [-0.2, 0) is 4.74 Å². The van der Waals surface area contributed by atoms with Gasteiger partial charge in [-0.3, -0.25) is 4.79 Å². The summed E-state index contributed by atoms with van der Waals surface area (Å²) in [5, 5.41) is 13.4. The number of amides is 1. The van der Waals surface area contributed by atoms with E-state index in [-0.39, 0.29) is 11.8 Å². The fourth-order valence-corrected chi connectivity index (χ4v) is 3.61. The van der Waals surface area contributed by atoms with E-state index in [1.165, 1.54) is 0 Å². The monoisotopic (exact) mass is 378 g/mol. The zero-order chi connectivity index (χ0) is 19.1. The topological polar surface area (TPSA) is 80.3 Å². The molecular formula is C20H30N2O5. The summed E-state index contributed by atoms with van der Waals surface area (Å²) < 4.78 is 16.4. The molecule has 1 aromatic carbocycles. The number of carbonyl (C=O) groups excluding carboxylic acids is 1. The summed E-state index contributed by atoms with van der Waals surface area (Å²) in [6.45, 7) is 4.82. The Kier molecular flexibility index (Phi) is 7.32. The van der Waals surface area contributed by atoms with Crippen LogP contribution in [-0.4, -0.2) is 75.1 Å². The fraction of sp³-hybridized carbons (Fsp3) is 0.650. The number of piperidine rings is 1. The molecule has 1 aromatic rings. The molecule has 0 aliphatic carbocycles. The van der Waals surface area contributed by atoms with Crippen LogP contribution < -0.4 is 14.8 Å². The summed E-state index contributed by atoms with van der Waals surface area (Å²) in [6.07, 6.45) is 2.19. The minimum atomic E-state index is -0.436. The van der Waals surface area contributed by atoms with Crippen LogP contribution in [0, 0.1) is 5.92 Å². The largest absolute Gasteiger partial charge is 0.490 e. The molecule has 0 spiro atoms. The number of aliphatic hydroxyl groups excluding tert-OH is 1. The van der Waals surface area contributed by atoms with Crippen LogP contribution in [0.15, 0.2) is 18.2 Å². The van der Waals surface area contributed by atoms with Crippen LogP contribution in [0.3, 0.4) is 0 Å². The number of carbonyl (C=O) groups is 1. The first-order valence-corrected chi connectivity index (χ1v) is 9.75. The number of hydrogen-bond donors (Lipinski definition) is 2. The zero-order valence-electron chi connectivity index (χ0n) is 16.0. The Balaban J connectivity index is 1.51. The standard InChI is InChI=1S/C20H30N2O5/c1-25-10-3-8-22-9-7-15(17(23)14-22)13-21-20(24)16-5-2-6-18-19(16)27-12-4-11-26-18/h2,5-6,15,17,23H,3-4,7-14H2,1H3,(H,21,24). The quantitative estimate of drug-likeness (QED) is 0.696. The van der Waals surface area contributed by atoms with E-state index in [2.05, 4.69) is 10.2 Å². The third-order valence-corrected chi connectivity index (χ3v) is 5.17. The van der Waals surface area contributed by atoms with Gasteiger partial charge in [0.15, 0.2) is 11.5 Å². The first-order valence-electron chi connectivity index (χ1n) is 9.75. The van der Waals surface area contributed by atoms with Gasteiger partial charge in [-0.25, -0.2) is 0 Å². The number of nitrogens with one attached hydrogen (secondary N) is 1. The molecule has 0 radical (unpaired) electrons. The van der Waals surface area contributed by atoms with Crippen LogP contribution in [0.5, 0.6) is 11.5 Å². The number of para-hydroxylation sites is 1. The van der Waals surface area contributed by atoms with E-state index in [1.54, 1.807) is 19.2 Å². The van der Waals surface area contributed by atoms with E-state index >= 15 is 0 Å². The summed E-state index contributed by atoms with van der Waals surface area (Å²) in [5.74, 6) is 1.00. The second-order valence-corrected chi connectivity index (χ2v) is 7.16. The highest BCUT2D eigenvalue weighted by atomic mass is 16.5. The summed E-state index contributed by atoms with van der Waals surface area (Å²) in [4.78, 5) is 14.9. The van der Waals surface area contributed by atoms with Crippen LogP contribution in [0.4, 0.5) is 0 Å². The fourth-order valence-electron chi connectivity index (χ4n) is 3.61. The SMILES string of the molecule is COCCCN1CCC(CNC(=O)c2cccc3c2OCCCO3)C(O)C1. The van der Waals surface area contributed by atoms with Crippen molar-refractivity contribution in [2.75, 3.05) is 53.1 Å². The molecule has 0 saturated carbocycles. The third-order valence-electron chi connectivity index (χ3n) is 5.17. The average Bonchev–Trinajstić information content (AvgIpc) is 2.92. The maximum absolute atomic E-state index is 12.7. The van der Waals surface area contributed by atoms with Gasteiger partial charge >= 0.3 is 0 Å². The number of aliphatic hydroxyl groups is 1. The van der Waals surface area contributed by atoms with Gasteiger partial charge in [-0.2, -0.15) is 0 Å². The molecule has 1 fully saturated rings. The Hall–Kier alpha value is -1.83. The van der Waals surface area contributed by atoms with Crippen LogP contribution in [0.2, 0.25) is 0 Å². The summed E-state index contributed by atoms with van der Waals surface area (Å²) in [6, 6.07) is 5.37. The van der Waals surface area contributed by atoms with Crippen molar-refractivity contribution in [3.05, 3.63) is 23.8 Å². The smallest absolute Gasteiger partial charge is 0.255 e. The highest BCUT2D eigenvalue weighted by Crippen LogP contribution is 2.33. The molecule has 2 heterocycles. The molecule has 0 aromatic heterocycles. The normalized spacial score (nSPS) is 22.9. The molecule has 7 nitrogen and oxygen atoms in total. The lowest BCUT2D eigenvalue weighted by Crippen LogP contribution is -2.48. The van der Waals surface area contributed by atoms with Gasteiger partial charge in [0, 0.05) is 45.7 Å². The summed E-state index contributed by atoms with van der Waals surface area (Å²) in [5.41, 5.74) is 0.487. The lowest BCUT2D eigenvalue weighted by atomic mass is 9.93. The molecule has 1 saturated heterocycles. The average molecular weight is 378 g/mol. The van der Waals surface area contributed by atoms with Crippen molar-refractivity contribution >= 4 is 5.91 Å². The van der Waals surface area contributed by atoms with Crippen LogP contribution in [0.25, 0.3) is 0 Å². The van der Waals surface area contributed by atoms with Gasteiger partial charge in [-0.1, -0.05) is 6.07 Å². The predicted molar refractivity (Wildman–Crippen MR) is 101 cm³/mol. The van der Waals surface area contributed by atoms with E-state index in [4.69, 9.17) is 14.2 Å². The van der Waals surface area contributed by atoms with E-state index in [1.807, 2.05) is 6.07 Å². The highest BCUT2D eigenvalue weighted by molar-refractivity contribution is 5.97. The third kappa shape index (κ3) is 5.34. The number of rotatable bonds is 7. The molecule has 2 aliphatic rings. The van der Waals surface area contributed by atoms with Crippen molar-refractivity contribution < 1.29 is 24.1 Å². The van der Waals surface area contributed by atoms with Crippen LogP contribution in [0.1, 0.15) is 29.6 Å². The molecule has 1 amide bonds. The van der Waals surface area contributed by atoms with Crippen molar-refractivity contribution in [2.45, 2.75) is 25.4 Å². The number of ether oxygens (including phenoxy) is 3. The summed E-state index contributed by atoms with van der Waals surface area (Å²) in [7, 11) is 1.70. The van der Waals surface area contributed by atoms with Crippen LogP contribution >= 0.6 is 0 Å². The molecule has 150 valence electrons. The minimum Gasteiger partial charge on any atom is -0.490 e. The van der Waals surface area contributed by atoms with E-state index in [0.29, 0.717) is 43.4 Å². The summed E-state index contributed by atoms with van der Waals surface area (Å²) >= 11 is 0. The lowest BCUT2D eigenvalue weighted by molar-refractivity contribution is 0.0192. The van der Waals surface area contributed by atoms with Crippen molar-refractivity contribution in [1.29, 1.82) is 0 Å². The molecule has 27 heavy (non-hydrogen) atoms. The zero-order valence-corrected chi connectivity index (χ0v) is 16.0. The molecule has 7 heteroatoms. The number of β-amino-alcohol motifs (C(OH)–C–C–N with tert-alkyl or cyclic N) is 1. The first kappa shape index (κ1) is 19.9. The van der Waals surface area contributed by atoms with Gasteiger partial charge in [0.2, 0.25) is 0 Å². The Bertz CT molecular complexity index is 624. The van der Waals surface area contributed by atoms with Gasteiger partial charge in [-0.15, -0.1) is 0 Å². The van der Waals surface area contributed by atoms with Gasteiger partial charge in [0.25, 0.3) is 5.91 Å². The Morgan fingerprint density at radius 2 is 2.22 bits per heavy atom. The second kappa shape index (κ2) is 9.92. The van der Waals surface area contributed by atoms with Gasteiger partial charge < -0.3 is 29.5 Å². The Labute approximate surface area is 160 Å². The predicted octanol–water partition coefficient (Wildman–Crippen LogP) is 1.30. The van der Waals surface area contributed by atoms with Crippen molar-refractivity contribution in [1.82, 2.24) is 10.2 Å². The second-order valence-electron chi connectivity index (χ2n) is 7.16. The van der Waals surface area contributed by atoms with Gasteiger partial charge in [0.05, 0.1) is 24.9 Å². The maximum atomic E-state index is 12.7. The number of hydrogen-bond acceptors (Lipinski definition) is 6. The van der Waals surface area contributed by atoms with Gasteiger partial charge in [-0.05, 0) is 31.5 Å². The number of nitrogens with zero attached hydrogens (tertiary/aromatic N) is 1. The molecular weight excluding hydrogens is 348 g/mol. The highest BCUT2D eigenvalue weighted by Gasteiger charge is 2.28. The minimum absolute atomic E-state index is 0.0621. The van der Waals surface area contributed by atoms with E-state index in [9.17, 15) is 9.90 Å². The lowest BCUT2D eigenvalue weighted by Gasteiger charge is -2.36. The number of benzene rings is 1. The molecule has 2 atom stereocenters. The van der Waals surface area contributed by atoms with Crippen molar-refractivity contribution in [2.24, 2.45) is 5.92 Å². The first-order chi connectivity index (χ1) is 13.2. The molecule has 0 bridgehead atoms. The molecule has 2 aliphatic heterocycles. The van der Waals surface area contributed by atoms with E-state index in [0.717, 1.165) is 39.0 Å². The number of methoxy groups -OCH3 is 1. The van der Waals surface area contributed by atoms with E-state index < -0.39 is 6.10 Å². The Morgan fingerprint density at radius 1 is 1.37 bits per heavy atom. The van der Waals surface area contributed by atoms with Crippen molar-refractivity contribution in [3.63, 3.8) is 0 Å². The molecule has 3 rings (SSSR count). The Morgan fingerprint density at radius 3 is 3.04 bits per heavy atom. The van der Waals surface area contributed by atoms with Gasteiger partial charge in [0.1, 0.15) is 0 Å².